The molecular formula is C9H8F2N4. The molecule has 2 N–H and O–H groups in total. The number of halogens is 2. The topological polar surface area (TPSA) is 56.7 Å². The van der Waals surface area contributed by atoms with Crippen LogP contribution in [0.5, 0.6) is 0 Å². The van der Waals surface area contributed by atoms with Crippen molar-refractivity contribution in [2.75, 3.05) is 5.73 Å². The van der Waals surface area contributed by atoms with Crippen LogP contribution in [0.15, 0.2) is 18.2 Å². The second kappa shape index (κ2) is 3.30. The van der Waals surface area contributed by atoms with Gasteiger partial charge in [-0.25, -0.2) is 13.5 Å². The summed E-state index contributed by atoms with van der Waals surface area (Å²) in [6.45, 7) is 1.63. The molecule has 0 saturated heterocycles. The van der Waals surface area contributed by atoms with E-state index in [4.69, 9.17) is 5.73 Å². The third-order valence-corrected chi connectivity index (χ3v) is 1.92. The number of rotatable bonds is 1. The van der Waals surface area contributed by atoms with Crippen LogP contribution in [0.1, 0.15) is 5.82 Å². The lowest BCUT2D eigenvalue weighted by Crippen LogP contribution is -2.02. The highest BCUT2D eigenvalue weighted by atomic mass is 19.1. The number of aromatic nitrogens is 3. The summed E-state index contributed by atoms with van der Waals surface area (Å²) in [6.07, 6.45) is 0. The highest BCUT2D eigenvalue weighted by molar-refractivity contribution is 5.35. The van der Waals surface area contributed by atoms with E-state index in [1.165, 1.54) is 10.7 Å². The van der Waals surface area contributed by atoms with Gasteiger partial charge in [0.05, 0.1) is 0 Å². The first-order valence-corrected chi connectivity index (χ1v) is 4.22. The number of nitrogen functional groups attached to an aromatic ring is 1. The first kappa shape index (κ1) is 9.57. The number of nitrogens with two attached hydrogens (primary N) is 1. The Kier molecular flexibility index (Phi) is 2.11. The minimum atomic E-state index is -0.706. The van der Waals surface area contributed by atoms with Crippen LogP contribution < -0.4 is 5.73 Å². The zero-order chi connectivity index (χ0) is 11.0. The van der Waals surface area contributed by atoms with Gasteiger partial charge in [0.25, 0.3) is 0 Å². The molecule has 1 aromatic heterocycles. The van der Waals surface area contributed by atoms with Gasteiger partial charge in [0.15, 0.2) is 5.82 Å². The number of hydrogen-bond acceptors (Lipinski definition) is 3. The van der Waals surface area contributed by atoms with Gasteiger partial charge in [-0.2, -0.15) is 4.98 Å². The third-order valence-electron chi connectivity index (χ3n) is 1.92. The Labute approximate surface area is 84.4 Å². The van der Waals surface area contributed by atoms with Crippen molar-refractivity contribution in [2.24, 2.45) is 0 Å². The van der Waals surface area contributed by atoms with Crippen LogP contribution >= 0.6 is 0 Å². The maximum Gasteiger partial charge on any atom is 0.240 e. The van der Waals surface area contributed by atoms with Crippen molar-refractivity contribution in [2.45, 2.75) is 6.92 Å². The third kappa shape index (κ3) is 1.65. The average molecular weight is 210 g/mol. The lowest BCUT2D eigenvalue weighted by Gasteiger charge is -2.03. The van der Waals surface area contributed by atoms with E-state index in [2.05, 4.69) is 10.1 Å². The normalized spacial score (nSPS) is 10.6. The molecule has 0 bridgehead atoms. The molecule has 78 valence electrons. The summed E-state index contributed by atoms with van der Waals surface area (Å²) in [5, 5.41) is 3.79. The van der Waals surface area contributed by atoms with Gasteiger partial charge in [-0.15, -0.1) is 5.10 Å². The molecule has 0 aliphatic heterocycles. The molecule has 0 aliphatic carbocycles. The van der Waals surface area contributed by atoms with Crippen molar-refractivity contribution in [3.05, 3.63) is 35.7 Å². The van der Waals surface area contributed by atoms with Crippen molar-refractivity contribution in [1.82, 2.24) is 14.8 Å². The van der Waals surface area contributed by atoms with E-state index in [0.717, 1.165) is 12.1 Å². The fourth-order valence-corrected chi connectivity index (χ4v) is 1.29. The fourth-order valence-electron chi connectivity index (χ4n) is 1.29. The Morgan fingerprint density at radius 3 is 2.60 bits per heavy atom. The largest absolute Gasteiger partial charge is 0.366 e. The van der Waals surface area contributed by atoms with Gasteiger partial charge in [-0.3, -0.25) is 0 Å². The molecule has 0 fully saturated rings. The summed E-state index contributed by atoms with van der Waals surface area (Å²) in [4.78, 5) is 3.82. The van der Waals surface area contributed by atoms with Crippen LogP contribution in [-0.2, 0) is 0 Å². The number of benzene rings is 1. The van der Waals surface area contributed by atoms with Crippen LogP contribution in [-0.4, -0.2) is 14.8 Å². The summed E-state index contributed by atoms with van der Waals surface area (Å²) in [7, 11) is 0. The predicted octanol–water partition coefficient (Wildman–Crippen LogP) is 1.44. The molecule has 4 nitrogen and oxygen atoms in total. The van der Waals surface area contributed by atoms with Crippen LogP contribution in [0.3, 0.4) is 0 Å². The molecule has 6 heteroatoms. The molecule has 0 saturated carbocycles. The van der Waals surface area contributed by atoms with E-state index in [-0.39, 0.29) is 11.6 Å². The lowest BCUT2D eigenvalue weighted by atomic mass is 10.3. The Bertz CT molecular complexity index is 507. The van der Waals surface area contributed by atoms with Gasteiger partial charge < -0.3 is 5.73 Å². The molecule has 0 radical (unpaired) electrons. The van der Waals surface area contributed by atoms with E-state index >= 15 is 0 Å². The van der Waals surface area contributed by atoms with Gasteiger partial charge in [0.1, 0.15) is 17.3 Å². The van der Waals surface area contributed by atoms with Crippen molar-refractivity contribution in [1.29, 1.82) is 0 Å². The lowest BCUT2D eigenvalue weighted by molar-refractivity contribution is 0.572. The molecule has 0 atom stereocenters. The van der Waals surface area contributed by atoms with Crippen molar-refractivity contribution in [3.63, 3.8) is 0 Å². The Hall–Kier alpha value is -1.98. The zero-order valence-electron chi connectivity index (χ0n) is 7.91. The van der Waals surface area contributed by atoms with Crippen LogP contribution in [0.4, 0.5) is 14.7 Å². The van der Waals surface area contributed by atoms with Gasteiger partial charge in [-0.05, 0) is 19.1 Å². The van der Waals surface area contributed by atoms with Gasteiger partial charge in [0.2, 0.25) is 5.95 Å². The average Bonchev–Trinajstić information content (AvgIpc) is 2.45. The molecule has 1 aromatic carbocycles. The summed E-state index contributed by atoms with van der Waals surface area (Å²) < 4.78 is 27.2. The second-order valence-corrected chi connectivity index (χ2v) is 3.02. The van der Waals surface area contributed by atoms with Crippen molar-refractivity contribution < 1.29 is 8.78 Å². The highest BCUT2D eigenvalue weighted by Crippen LogP contribution is 2.15. The van der Waals surface area contributed by atoms with E-state index in [9.17, 15) is 8.78 Å². The number of nitrogens with zero attached hydrogens (tertiary/aromatic N) is 3. The molecular weight excluding hydrogens is 202 g/mol. The Balaban J connectivity index is 2.59. The number of anilines is 1. The SMILES string of the molecule is Cc1nc(N)nn1-c1ccc(F)cc1F. The molecule has 0 amide bonds. The smallest absolute Gasteiger partial charge is 0.240 e. The van der Waals surface area contributed by atoms with Gasteiger partial charge >= 0.3 is 0 Å². The van der Waals surface area contributed by atoms with Crippen molar-refractivity contribution in [3.8, 4) is 5.69 Å². The minimum Gasteiger partial charge on any atom is -0.366 e. The number of aryl methyl sites for hydroxylation is 1. The summed E-state index contributed by atoms with van der Waals surface area (Å²) in [6, 6.07) is 3.22. The standard InChI is InChI=1S/C9H8F2N4/c1-5-13-9(12)14-15(5)8-3-2-6(10)4-7(8)11/h2-4H,1H3,(H2,12,14). The molecule has 1 heterocycles. The van der Waals surface area contributed by atoms with Crippen LogP contribution in [0, 0.1) is 18.6 Å². The van der Waals surface area contributed by atoms with Gasteiger partial charge in [-0.1, -0.05) is 0 Å². The summed E-state index contributed by atoms with van der Waals surface area (Å²) >= 11 is 0. The molecule has 0 unspecified atom stereocenters. The molecule has 0 spiro atoms. The zero-order valence-corrected chi connectivity index (χ0v) is 7.91. The Morgan fingerprint density at radius 2 is 2.07 bits per heavy atom. The molecule has 15 heavy (non-hydrogen) atoms. The molecule has 2 rings (SSSR count). The fraction of sp³-hybridized carbons (Fsp3) is 0.111. The minimum absolute atomic E-state index is 0.0521. The second-order valence-electron chi connectivity index (χ2n) is 3.02. The first-order chi connectivity index (χ1) is 7.08. The van der Waals surface area contributed by atoms with E-state index in [0.29, 0.717) is 5.82 Å². The summed E-state index contributed by atoms with van der Waals surface area (Å²) in [5.74, 6) is -0.848. The first-order valence-electron chi connectivity index (χ1n) is 4.22. The van der Waals surface area contributed by atoms with E-state index in [1.54, 1.807) is 6.92 Å². The molecule has 0 aliphatic rings. The van der Waals surface area contributed by atoms with Gasteiger partial charge in [0, 0.05) is 6.07 Å². The van der Waals surface area contributed by atoms with Crippen LogP contribution in [0.25, 0.3) is 5.69 Å². The van der Waals surface area contributed by atoms with E-state index in [1.807, 2.05) is 0 Å². The predicted molar refractivity (Wildman–Crippen MR) is 50.4 cm³/mol. The van der Waals surface area contributed by atoms with Crippen LogP contribution in [0.2, 0.25) is 0 Å². The van der Waals surface area contributed by atoms with Crippen molar-refractivity contribution >= 4 is 5.95 Å². The maximum absolute atomic E-state index is 13.4. The van der Waals surface area contributed by atoms with E-state index < -0.39 is 11.6 Å². The Morgan fingerprint density at radius 1 is 1.33 bits per heavy atom. The number of hydrogen-bond donors (Lipinski definition) is 1. The monoisotopic (exact) mass is 210 g/mol. The molecule has 2 aromatic rings. The quantitative estimate of drug-likeness (QED) is 0.774. The summed E-state index contributed by atoms with van der Waals surface area (Å²) in [5.41, 5.74) is 5.48. The maximum atomic E-state index is 13.4. The highest BCUT2D eigenvalue weighted by Gasteiger charge is 2.10.